The van der Waals surface area contributed by atoms with E-state index in [4.69, 9.17) is 5.73 Å². The molecule has 0 fully saturated rings. The topological polar surface area (TPSA) is 46.3 Å². The molecular formula is C14H22ClFN2O. The van der Waals surface area contributed by atoms with E-state index in [1.54, 1.807) is 30.0 Å². The van der Waals surface area contributed by atoms with Gasteiger partial charge in [-0.2, -0.15) is 0 Å². The van der Waals surface area contributed by atoms with E-state index in [1.807, 2.05) is 0 Å². The largest absolute Gasteiger partial charge is 0.337 e. The Labute approximate surface area is 120 Å². The molecule has 1 rings (SSSR count). The maximum atomic E-state index is 13.6. The number of hydrogen-bond acceptors (Lipinski definition) is 2. The first kappa shape index (κ1) is 17.9. The molecule has 0 heterocycles. The zero-order valence-corrected chi connectivity index (χ0v) is 12.3. The smallest absolute Gasteiger partial charge is 0.239 e. The van der Waals surface area contributed by atoms with Gasteiger partial charge in [0, 0.05) is 18.7 Å². The van der Waals surface area contributed by atoms with Gasteiger partial charge < -0.3 is 10.6 Å². The van der Waals surface area contributed by atoms with Gasteiger partial charge in [-0.05, 0) is 19.4 Å². The summed E-state index contributed by atoms with van der Waals surface area (Å²) < 4.78 is 13.6. The van der Waals surface area contributed by atoms with Crippen LogP contribution in [0.15, 0.2) is 24.3 Å². The van der Waals surface area contributed by atoms with Crippen LogP contribution in [0, 0.1) is 5.82 Å². The first-order valence-electron chi connectivity index (χ1n) is 6.34. The maximum Gasteiger partial charge on any atom is 0.239 e. The number of carbonyl (C=O) groups excluding carboxylic acids is 1. The van der Waals surface area contributed by atoms with Gasteiger partial charge in [0.25, 0.3) is 0 Å². The molecule has 0 saturated carbocycles. The average molecular weight is 289 g/mol. The van der Waals surface area contributed by atoms with Crippen LogP contribution >= 0.6 is 12.4 Å². The summed E-state index contributed by atoms with van der Waals surface area (Å²) in [5, 5.41) is 0. The molecule has 0 aliphatic heterocycles. The summed E-state index contributed by atoms with van der Waals surface area (Å²) in [6, 6.07) is 5.97. The van der Waals surface area contributed by atoms with Crippen molar-refractivity contribution in [2.24, 2.45) is 5.73 Å². The first-order valence-corrected chi connectivity index (χ1v) is 6.34. The van der Waals surface area contributed by atoms with Gasteiger partial charge in [0.1, 0.15) is 5.82 Å². The van der Waals surface area contributed by atoms with Crippen molar-refractivity contribution >= 4 is 18.3 Å². The highest BCUT2D eigenvalue weighted by molar-refractivity contribution is 5.85. The molecule has 0 radical (unpaired) electrons. The van der Waals surface area contributed by atoms with E-state index in [2.05, 4.69) is 6.92 Å². The van der Waals surface area contributed by atoms with Gasteiger partial charge in [0.15, 0.2) is 0 Å². The van der Waals surface area contributed by atoms with Crippen LogP contribution in [0.5, 0.6) is 0 Å². The van der Waals surface area contributed by atoms with Crippen LogP contribution in [0.4, 0.5) is 4.39 Å². The molecule has 1 aromatic rings. The van der Waals surface area contributed by atoms with Gasteiger partial charge in [0.2, 0.25) is 5.91 Å². The second kappa shape index (κ2) is 8.88. The summed E-state index contributed by atoms with van der Waals surface area (Å²) in [6.07, 6.45) is 1.88. The molecule has 0 aliphatic rings. The Morgan fingerprint density at radius 2 is 2.05 bits per heavy atom. The molecule has 0 bridgehead atoms. The van der Waals surface area contributed by atoms with Crippen molar-refractivity contribution in [1.82, 2.24) is 4.90 Å². The van der Waals surface area contributed by atoms with Crippen LogP contribution in [0.1, 0.15) is 32.3 Å². The molecule has 5 heteroatoms. The number of halogens is 2. The molecule has 0 aliphatic carbocycles. The lowest BCUT2D eigenvalue weighted by Crippen LogP contribution is -2.42. The molecule has 0 aromatic heterocycles. The normalized spacial score (nSPS) is 11.6. The third-order valence-electron chi connectivity index (χ3n) is 2.80. The fraction of sp³-hybridized carbons (Fsp3) is 0.500. The summed E-state index contributed by atoms with van der Waals surface area (Å²) in [4.78, 5) is 13.6. The summed E-state index contributed by atoms with van der Waals surface area (Å²) in [5.74, 6) is -0.414. The van der Waals surface area contributed by atoms with E-state index in [0.29, 0.717) is 12.1 Å². The Kier molecular flexibility index (Phi) is 8.35. The quantitative estimate of drug-likeness (QED) is 0.875. The minimum Gasteiger partial charge on any atom is -0.337 e. The van der Waals surface area contributed by atoms with Gasteiger partial charge in [-0.1, -0.05) is 31.5 Å². The van der Waals surface area contributed by atoms with E-state index < -0.39 is 6.04 Å². The van der Waals surface area contributed by atoms with Gasteiger partial charge in [-0.3, -0.25) is 4.79 Å². The standard InChI is InChI=1S/C14H21FN2O.ClH/c1-3-4-9-17(14(18)11(2)16)10-12-7-5-6-8-13(12)15;/h5-8,11H,3-4,9-10,16H2,1-2H3;1H/t11-;/m0./s1. The predicted molar refractivity (Wildman–Crippen MR) is 77.6 cm³/mol. The lowest BCUT2D eigenvalue weighted by Gasteiger charge is -2.24. The number of nitrogens with two attached hydrogens (primary N) is 1. The molecule has 2 N–H and O–H groups in total. The molecular weight excluding hydrogens is 267 g/mol. The van der Waals surface area contributed by atoms with Crippen LogP contribution in [-0.2, 0) is 11.3 Å². The summed E-state index contributed by atoms with van der Waals surface area (Å²) in [7, 11) is 0. The molecule has 0 saturated heterocycles. The predicted octanol–water partition coefficient (Wildman–Crippen LogP) is 2.72. The first-order chi connectivity index (χ1) is 8.56. The van der Waals surface area contributed by atoms with E-state index in [-0.39, 0.29) is 30.7 Å². The SMILES string of the molecule is CCCCN(Cc1ccccc1F)C(=O)[C@H](C)N.Cl. The van der Waals surface area contributed by atoms with Crippen molar-refractivity contribution in [2.45, 2.75) is 39.3 Å². The summed E-state index contributed by atoms with van der Waals surface area (Å²) in [5.41, 5.74) is 6.15. The van der Waals surface area contributed by atoms with Crippen LogP contribution in [0.25, 0.3) is 0 Å². The van der Waals surface area contributed by atoms with Crippen LogP contribution < -0.4 is 5.73 Å². The zero-order valence-electron chi connectivity index (χ0n) is 11.4. The Morgan fingerprint density at radius 3 is 2.58 bits per heavy atom. The number of amides is 1. The van der Waals surface area contributed by atoms with E-state index in [1.165, 1.54) is 6.07 Å². The lowest BCUT2D eigenvalue weighted by atomic mass is 10.1. The van der Waals surface area contributed by atoms with Crippen LogP contribution in [0.3, 0.4) is 0 Å². The number of unbranched alkanes of at least 4 members (excludes halogenated alkanes) is 1. The van der Waals surface area contributed by atoms with Crippen molar-refractivity contribution in [3.8, 4) is 0 Å². The monoisotopic (exact) mass is 288 g/mol. The van der Waals surface area contributed by atoms with Gasteiger partial charge >= 0.3 is 0 Å². The maximum absolute atomic E-state index is 13.6. The second-order valence-corrected chi connectivity index (χ2v) is 4.49. The molecule has 1 aromatic carbocycles. The van der Waals surface area contributed by atoms with Crippen molar-refractivity contribution < 1.29 is 9.18 Å². The minimum absolute atomic E-state index is 0. The van der Waals surface area contributed by atoms with Gasteiger partial charge in [-0.25, -0.2) is 4.39 Å². The number of carbonyl (C=O) groups is 1. The highest BCUT2D eigenvalue weighted by atomic mass is 35.5. The Bertz CT molecular complexity index is 399. The van der Waals surface area contributed by atoms with Crippen LogP contribution in [-0.4, -0.2) is 23.4 Å². The van der Waals surface area contributed by atoms with Crippen LogP contribution in [0.2, 0.25) is 0 Å². The summed E-state index contributed by atoms with van der Waals surface area (Å²) >= 11 is 0. The second-order valence-electron chi connectivity index (χ2n) is 4.49. The van der Waals surface area contributed by atoms with Crippen molar-refractivity contribution in [3.63, 3.8) is 0 Å². The molecule has 3 nitrogen and oxygen atoms in total. The Morgan fingerprint density at radius 1 is 1.42 bits per heavy atom. The highest BCUT2D eigenvalue weighted by Crippen LogP contribution is 2.11. The van der Waals surface area contributed by atoms with E-state index >= 15 is 0 Å². The summed E-state index contributed by atoms with van der Waals surface area (Å²) in [6.45, 7) is 4.61. The van der Waals surface area contributed by atoms with E-state index in [0.717, 1.165) is 12.8 Å². The minimum atomic E-state index is -0.548. The fourth-order valence-electron chi connectivity index (χ4n) is 1.74. The number of hydrogen-bond donors (Lipinski definition) is 1. The van der Waals surface area contributed by atoms with E-state index in [9.17, 15) is 9.18 Å². The lowest BCUT2D eigenvalue weighted by molar-refractivity contribution is -0.132. The third-order valence-corrected chi connectivity index (χ3v) is 2.80. The van der Waals surface area contributed by atoms with Crippen molar-refractivity contribution in [3.05, 3.63) is 35.6 Å². The van der Waals surface area contributed by atoms with Gasteiger partial charge in [0.05, 0.1) is 6.04 Å². The third kappa shape index (κ3) is 5.57. The molecule has 0 unspecified atom stereocenters. The zero-order chi connectivity index (χ0) is 13.5. The molecule has 108 valence electrons. The molecule has 19 heavy (non-hydrogen) atoms. The van der Waals surface area contributed by atoms with Gasteiger partial charge in [-0.15, -0.1) is 12.4 Å². The molecule has 1 atom stereocenters. The van der Waals surface area contributed by atoms with Crippen molar-refractivity contribution in [1.29, 1.82) is 0 Å². The number of rotatable bonds is 6. The fourth-order valence-corrected chi connectivity index (χ4v) is 1.74. The number of benzene rings is 1. The molecule has 1 amide bonds. The Balaban J connectivity index is 0.00000324. The average Bonchev–Trinajstić information content (AvgIpc) is 2.35. The molecule has 0 spiro atoms. The Hall–Kier alpha value is -1.13. The number of nitrogens with zero attached hydrogens (tertiary/aromatic N) is 1. The highest BCUT2D eigenvalue weighted by Gasteiger charge is 2.18. The van der Waals surface area contributed by atoms with Crippen molar-refractivity contribution in [2.75, 3.05) is 6.54 Å².